The van der Waals surface area contributed by atoms with Crippen LogP contribution in [0.1, 0.15) is 59.4 Å². The lowest BCUT2D eigenvalue weighted by Crippen LogP contribution is -2.21. The van der Waals surface area contributed by atoms with Crippen LogP contribution in [0.5, 0.6) is 0 Å². The summed E-state index contributed by atoms with van der Waals surface area (Å²) in [5.74, 6) is 0.611. The molecule has 1 saturated carbocycles. The molecular formula is C27H52N6O2S. The Morgan fingerprint density at radius 1 is 1.22 bits per heavy atom. The van der Waals surface area contributed by atoms with E-state index in [1.165, 1.54) is 12.8 Å². The molecule has 0 saturated heterocycles. The van der Waals surface area contributed by atoms with Gasteiger partial charge in [0, 0.05) is 30.9 Å². The molecule has 7 N–H and O–H groups in total. The molecule has 2 rings (SSSR count). The van der Waals surface area contributed by atoms with Gasteiger partial charge < -0.3 is 32.1 Å². The molecule has 9 heteroatoms. The lowest BCUT2D eigenvalue weighted by molar-refractivity contribution is -0.106. The van der Waals surface area contributed by atoms with Crippen LogP contribution in [0.3, 0.4) is 0 Å². The number of rotatable bonds is 12. The van der Waals surface area contributed by atoms with E-state index in [1.807, 2.05) is 25.6 Å². The minimum Gasteiger partial charge on any atom is -0.395 e. The van der Waals surface area contributed by atoms with E-state index in [4.69, 9.17) is 20.6 Å². The number of thioether (sulfide) groups is 1. The van der Waals surface area contributed by atoms with E-state index < -0.39 is 0 Å². The number of amidine groups is 1. The zero-order valence-electron chi connectivity index (χ0n) is 23.8. The molecule has 1 aliphatic rings. The van der Waals surface area contributed by atoms with Crippen molar-refractivity contribution in [3.05, 3.63) is 41.6 Å². The van der Waals surface area contributed by atoms with Crippen molar-refractivity contribution in [2.24, 2.45) is 16.5 Å². The fourth-order valence-corrected chi connectivity index (χ4v) is 4.50. The summed E-state index contributed by atoms with van der Waals surface area (Å²) in [6.07, 6.45) is 5.88. The first-order chi connectivity index (χ1) is 17.2. The topological polar surface area (TPSA) is 129 Å². The molecule has 0 heterocycles. The Balaban J connectivity index is 0. The molecule has 8 nitrogen and oxygen atoms in total. The summed E-state index contributed by atoms with van der Waals surface area (Å²) in [5.41, 5.74) is 13.8. The van der Waals surface area contributed by atoms with E-state index in [9.17, 15) is 0 Å². The quantitative estimate of drug-likeness (QED) is 0.160. The molecule has 1 fully saturated rings. The number of aliphatic hydroxyl groups is 1. The van der Waals surface area contributed by atoms with Crippen LogP contribution in [0.4, 0.5) is 5.69 Å². The van der Waals surface area contributed by atoms with Gasteiger partial charge in [0.2, 0.25) is 6.41 Å². The maximum Gasteiger partial charge on any atom is 0.204 e. The molecule has 1 aromatic carbocycles. The van der Waals surface area contributed by atoms with Gasteiger partial charge in [0.25, 0.3) is 0 Å². The Labute approximate surface area is 224 Å². The Morgan fingerprint density at radius 2 is 1.78 bits per heavy atom. The third kappa shape index (κ3) is 16.6. The fourth-order valence-electron chi connectivity index (χ4n) is 3.01. The first-order valence-electron chi connectivity index (χ1n) is 12.8. The van der Waals surface area contributed by atoms with Crippen molar-refractivity contribution >= 4 is 29.7 Å². The van der Waals surface area contributed by atoms with Crippen LogP contribution in [-0.4, -0.2) is 79.6 Å². The number of nitrogens with one attached hydrogen (secondary N) is 2. The van der Waals surface area contributed by atoms with Gasteiger partial charge in [-0.1, -0.05) is 40.7 Å². The number of amides is 1. The van der Waals surface area contributed by atoms with E-state index >= 15 is 0 Å². The highest BCUT2D eigenvalue weighted by molar-refractivity contribution is 8.01. The molecule has 0 spiro atoms. The molecule has 1 aromatic rings. The molecule has 0 aliphatic heterocycles. The van der Waals surface area contributed by atoms with E-state index in [1.54, 1.807) is 7.05 Å². The van der Waals surface area contributed by atoms with Crippen LogP contribution in [0.15, 0.2) is 41.0 Å². The lowest BCUT2D eigenvalue weighted by Gasteiger charge is -2.19. The van der Waals surface area contributed by atoms with E-state index in [2.05, 4.69) is 86.5 Å². The summed E-state index contributed by atoms with van der Waals surface area (Å²) in [6, 6.07) is 8.25. The highest BCUT2D eigenvalue weighted by Gasteiger charge is 2.47. The minimum absolute atomic E-state index is 0.183. The van der Waals surface area contributed by atoms with Crippen LogP contribution >= 0.6 is 11.8 Å². The number of nitrogens with two attached hydrogens (primary N) is 2. The van der Waals surface area contributed by atoms with Crippen molar-refractivity contribution in [1.29, 1.82) is 0 Å². The third-order valence-corrected chi connectivity index (χ3v) is 6.24. The van der Waals surface area contributed by atoms with Gasteiger partial charge in [-0.05, 0) is 69.9 Å². The molecule has 208 valence electrons. The van der Waals surface area contributed by atoms with Crippen LogP contribution < -0.4 is 22.1 Å². The van der Waals surface area contributed by atoms with Gasteiger partial charge in [-0.25, -0.2) is 4.99 Å². The Kier molecular flexibility index (Phi) is 22.2. The van der Waals surface area contributed by atoms with Crippen LogP contribution in [0.25, 0.3) is 0 Å². The number of anilines is 1. The number of allylic oxidation sites excluding steroid dienone is 1. The number of hydrogen-bond donors (Lipinski definition) is 5. The number of primary amides is 1. The first kappa shape index (κ1) is 36.1. The number of likely N-dealkylation sites (N-methyl/N-ethyl adjacent to an activating group) is 2. The predicted octanol–water partition coefficient (Wildman–Crippen LogP) is 3.66. The normalized spacial score (nSPS) is 14.0. The van der Waals surface area contributed by atoms with Crippen molar-refractivity contribution in [3.63, 3.8) is 0 Å². The highest BCUT2D eigenvalue weighted by Crippen LogP contribution is 2.55. The van der Waals surface area contributed by atoms with E-state index in [-0.39, 0.29) is 17.8 Å². The van der Waals surface area contributed by atoms with Crippen LogP contribution in [0, 0.1) is 0 Å². The number of nitrogens with zero attached hydrogens (tertiary/aromatic N) is 2. The Bertz CT molecular complexity index is 730. The van der Waals surface area contributed by atoms with E-state index in [0.717, 1.165) is 36.5 Å². The van der Waals surface area contributed by atoms with Crippen molar-refractivity contribution in [2.45, 2.75) is 63.9 Å². The molecule has 0 bridgehead atoms. The van der Waals surface area contributed by atoms with E-state index in [0.29, 0.717) is 17.6 Å². The minimum atomic E-state index is 0.183. The predicted molar refractivity (Wildman–Crippen MR) is 160 cm³/mol. The first-order valence-corrected chi connectivity index (χ1v) is 13.7. The molecule has 0 atom stereocenters. The molecule has 36 heavy (non-hydrogen) atoms. The number of aliphatic hydroxyl groups excluding tert-OH is 1. The third-order valence-electron chi connectivity index (χ3n) is 4.70. The van der Waals surface area contributed by atoms with Gasteiger partial charge in [0.05, 0.1) is 17.1 Å². The number of carbonyl (C=O) groups excluding carboxylic acids is 1. The number of carbonyl (C=O) groups is 1. The maximum atomic E-state index is 8.58. The van der Waals surface area contributed by atoms with Crippen LogP contribution in [-0.2, 0) is 4.79 Å². The number of benzene rings is 1. The highest BCUT2D eigenvalue weighted by atomic mass is 32.2. The summed E-state index contributed by atoms with van der Waals surface area (Å²) >= 11 is 2.02. The smallest absolute Gasteiger partial charge is 0.204 e. The second-order valence-electron chi connectivity index (χ2n) is 8.43. The van der Waals surface area contributed by atoms with Gasteiger partial charge in [-0.3, -0.25) is 4.79 Å². The zero-order valence-corrected chi connectivity index (χ0v) is 24.6. The van der Waals surface area contributed by atoms with Crippen molar-refractivity contribution in [3.8, 4) is 0 Å². The summed E-state index contributed by atoms with van der Waals surface area (Å²) in [5, 5.41) is 14.8. The van der Waals surface area contributed by atoms with Crippen molar-refractivity contribution < 1.29 is 9.90 Å². The summed E-state index contributed by atoms with van der Waals surface area (Å²) < 4.78 is 0.183. The second-order valence-corrected chi connectivity index (χ2v) is 10.4. The average Bonchev–Trinajstić information content (AvgIpc) is 3.61. The zero-order chi connectivity index (χ0) is 28.0. The standard InChI is InChI=1S/C21H34N4S.C3H9NO.C2H6.CH3NO/c1-6-7-19(21(12-13-21)26-16(2)3)24-20(22)17-8-10-18(11-9-17)23-14-15-25(4)5;1-4-2-3-5;1-2;2-1-3/h7-11,16,23H,6,12-15H2,1-5H3,(H2,22,24);4-5H,2-3H2,1H3;1-2H3;1H,(H2,2,3)/b19-7-;;;. The number of hydrogen-bond acceptors (Lipinski definition) is 7. The molecular weight excluding hydrogens is 472 g/mol. The van der Waals surface area contributed by atoms with Crippen molar-refractivity contribution in [1.82, 2.24) is 10.2 Å². The second kappa shape index (κ2) is 22.2. The van der Waals surface area contributed by atoms with Gasteiger partial charge in [-0.15, -0.1) is 11.8 Å². The number of aliphatic imine (C=N–C) groups is 1. The summed E-state index contributed by atoms with van der Waals surface area (Å²) in [4.78, 5) is 15.6. The van der Waals surface area contributed by atoms with Gasteiger partial charge in [-0.2, -0.15) is 0 Å². The fraction of sp³-hybridized carbons (Fsp3) is 0.630. The molecule has 0 unspecified atom stereocenters. The summed E-state index contributed by atoms with van der Waals surface area (Å²) in [6.45, 7) is 13.5. The molecule has 0 radical (unpaired) electrons. The van der Waals surface area contributed by atoms with Gasteiger partial charge >= 0.3 is 0 Å². The van der Waals surface area contributed by atoms with Crippen LogP contribution in [0.2, 0.25) is 0 Å². The molecule has 1 aliphatic carbocycles. The van der Waals surface area contributed by atoms with Gasteiger partial charge in [0.15, 0.2) is 0 Å². The molecule has 0 aromatic heterocycles. The maximum absolute atomic E-state index is 8.58. The Hall–Kier alpha value is -2.07. The van der Waals surface area contributed by atoms with Crippen molar-refractivity contribution in [2.75, 3.05) is 52.7 Å². The molecule has 1 amide bonds. The Morgan fingerprint density at radius 3 is 2.14 bits per heavy atom. The monoisotopic (exact) mass is 524 g/mol. The van der Waals surface area contributed by atoms with Gasteiger partial charge in [0.1, 0.15) is 5.84 Å². The summed E-state index contributed by atoms with van der Waals surface area (Å²) in [7, 11) is 5.96. The average molecular weight is 525 g/mol. The lowest BCUT2D eigenvalue weighted by atomic mass is 10.1. The largest absolute Gasteiger partial charge is 0.395 e. The SMILES string of the molecule is CC.CC/C=C(\N=C(N)c1ccc(NCCN(C)C)cc1)C1(SC(C)C)CC1.CNCCO.NC=O.